The lowest BCUT2D eigenvalue weighted by molar-refractivity contribution is -0.121. The first-order chi connectivity index (χ1) is 12.6. The molecule has 0 atom stereocenters. The molecule has 0 aliphatic heterocycles. The van der Waals surface area contributed by atoms with Gasteiger partial charge in [0.15, 0.2) is 5.16 Å². The molecule has 0 spiro atoms. The number of hydrogen-bond donors (Lipinski definition) is 1. The number of halogens is 1. The Morgan fingerprint density at radius 2 is 2.19 bits per heavy atom. The maximum Gasteiger partial charge on any atom is 0.220 e. The molecule has 3 rings (SSSR count). The second kappa shape index (κ2) is 8.91. The lowest BCUT2D eigenvalue weighted by Gasteiger charge is -2.08. The van der Waals surface area contributed by atoms with Crippen molar-refractivity contribution in [2.45, 2.75) is 31.5 Å². The van der Waals surface area contributed by atoms with Gasteiger partial charge in [-0.15, -0.1) is 10.2 Å². The number of benzene rings is 1. The number of rotatable bonds is 8. The van der Waals surface area contributed by atoms with Gasteiger partial charge in [0.25, 0.3) is 0 Å². The van der Waals surface area contributed by atoms with Gasteiger partial charge >= 0.3 is 0 Å². The Hall–Kier alpha value is -2.25. The van der Waals surface area contributed by atoms with Crippen molar-refractivity contribution in [3.8, 4) is 5.69 Å². The first kappa shape index (κ1) is 18.5. The molecule has 0 fully saturated rings. The van der Waals surface area contributed by atoms with Gasteiger partial charge in [0.05, 0.1) is 18.5 Å². The van der Waals surface area contributed by atoms with E-state index in [-0.39, 0.29) is 5.91 Å². The highest BCUT2D eigenvalue weighted by atomic mass is 35.5. The van der Waals surface area contributed by atoms with E-state index in [0.717, 1.165) is 34.6 Å². The van der Waals surface area contributed by atoms with Crippen molar-refractivity contribution in [1.29, 1.82) is 0 Å². The molecule has 0 saturated heterocycles. The number of carbonyl (C=O) groups excluding carboxylic acids is 1. The Kier molecular flexibility index (Phi) is 6.35. The van der Waals surface area contributed by atoms with E-state index >= 15 is 0 Å². The average molecular weight is 391 g/mol. The lowest BCUT2D eigenvalue weighted by atomic mass is 10.3. The lowest BCUT2D eigenvalue weighted by Crippen LogP contribution is -2.22. The average Bonchev–Trinajstić information content (AvgIpc) is 3.26. The van der Waals surface area contributed by atoms with Gasteiger partial charge < -0.3 is 9.73 Å². The fourth-order valence-electron chi connectivity index (χ4n) is 2.43. The molecule has 0 bridgehead atoms. The molecule has 8 heteroatoms. The zero-order valence-corrected chi connectivity index (χ0v) is 15.9. The zero-order chi connectivity index (χ0) is 18.4. The molecule has 0 aliphatic carbocycles. The van der Waals surface area contributed by atoms with Gasteiger partial charge in [-0.05, 0) is 43.7 Å². The van der Waals surface area contributed by atoms with Crippen LogP contribution in [0.15, 0.2) is 52.2 Å². The number of carbonyl (C=O) groups is 1. The number of nitrogens with zero attached hydrogens (tertiary/aromatic N) is 3. The van der Waals surface area contributed by atoms with E-state index in [2.05, 4.69) is 15.5 Å². The molecule has 0 aliphatic rings. The topological polar surface area (TPSA) is 73.0 Å². The molecular formula is C18H19ClN4O2S. The fraction of sp³-hybridized carbons (Fsp3) is 0.278. The maximum absolute atomic E-state index is 11.9. The molecule has 0 saturated carbocycles. The predicted molar refractivity (Wildman–Crippen MR) is 102 cm³/mol. The van der Waals surface area contributed by atoms with Crippen LogP contribution in [0.2, 0.25) is 5.02 Å². The molecule has 6 nitrogen and oxygen atoms in total. The summed E-state index contributed by atoms with van der Waals surface area (Å²) >= 11 is 7.66. The quantitative estimate of drug-likeness (QED) is 0.464. The van der Waals surface area contributed by atoms with E-state index in [1.807, 2.05) is 41.8 Å². The Balaban J connectivity index is 1.49. The molecule has 0 unspecified atom stereocenters. The largest absolute Gasteiger partial charge is 0.467 e. The number of furan rings is 1. The van der Waals surface area contributed by atoms with Crippen LogP contribution in [0.25, 0.3) is 5.69 Å². The van der Waals surface area contributed by atoms with Gasteiger partial charge in [0.1, 0.15) is 11.6 Å². The van der Waals surface area contributed by atoms with Crippen LogP contribution in [0.4, 0.5) is 0 Å². The summed E-state index contributed by atoms with van der Waals surface area (Å²) in [5.41, 5.74) is 0.929. The van der Waals surface area contributed by atoms with E-state index in [1.54, 1.807) is 24.1 Å². The highest BCUT2D eigenvalue weighted by molar-refractivity contribution is 7.99. The van der Waals surface area contributed by atoms with Crippen LogP contribution in [0.5, 0.6) is 0 Å². The molecule has 1 N–H and O–H groups in total. The van der Waals surface area contributed by atoms with Crippen LogP contribution in [-0.2, 0) is 11.3 Å². The van der Waals surface area contributed by atoms with Crippen LogP contribution in [0, 0.1) is 6.92 Å². The minimum atomic E-state index is 0.00879. The van der Waals surface area contributed by atoms with Crippen molar-refractivity contribution in [3.05, 3.63) is 59.3 Å². The molecule has 26 heavy (non-hydrogen) atoms. The fourth-order valence-corrected chi connectivity index (χ4v) is 3.55. The molecular weight excluding hydrogens is 372 g/mol. The summed E-state index contributed by atoms with van der Waals surface area (Å²) in [6.45, 7) is 2.32. The molecule has 3 aromatic rings. The molecule has 2 aromatic heterocycles. The van der Waals surface area contributed by atoms with Crippen LogP contribution in [0.1, 0.15) is 24.4 Å². The molecule has 1 aromatic carbocycles. The number of hydrogen-bond acceptors (Lipinski definition) is 5. The number of aromatic nitrogens is 3. The summed E-state index contributed by atoms with van der Waals surface area (Å²) < 4.78 is 7.15. The van der Waals surface area contributed by atoms with Crippen LogP contribution in [0.3, 0.4) is 0 Å². The van der Waals surface area contributed by atoms with Crippen molar-refractivity contribution in [3.63, 3.8) is 0 Å². The Labute approximate surface area is 160 Å². The van der Waals surface area contributed by atoms with E-state index < -0.39 is 0 Å². The summed E-state index contributed by atoms with van der Waals surface area (Å²) in [4.78, 5) is 11.9. The molecule has 1 amide bonds. The smallest absolute Gasteiger partial charge is 0.220 e. The van der Waals surface area contributed by atoms with E-state index in [9.17, 15) is 4.79 Å². The second-order valence-electron chi connectivity index (χ2n) is 5.65. The van der Waals surface area contributed by atoms with Crippen molar-refractivity contribution in [1.82, 2.24) is 20.1 Å². The summed E-state index contributed by atoms with van der Waals surface area (Å²) in [7, 11) is 0. The second-order valence-corrected chi connectivity index (χ2v) is 7.15. The highest BCUT2D eigenvalue weighted by Gasteiger charge is 2.12. The minimum Gasteiger partial charge on any atom is -0.467 e. The van der Waals surface area contributed by atoms with Gasteiger partial charge in [0, 0.05) is 17.2 Å². The highest BCUT2D eigenvalue weighted by Crippen LogP contribution is 2.24. The molecule has 136 valence electrons. The van der Waals surface area contributed by atoms with E-state index in [4.69, 9.17) is 16.0 Å². The Morgan fingerprint density at radius 1 is 1.31 bits per heavy atom. The third-order valence-electron chi connectivity index (χ3n) is 3.68. The normalized spacial score (nSPS) is 10.8. The zero-order valence-electron chi connectivity index (χ0n) is 14.3. The number of amides is 1. The van der Waals surface area contributed by atoms with Crippen molar-refractivity contribution in [2.24, 2.45) is 0 Å². The summed E-state index contributed by atoms with van der Waals surface area (Å²) in [6.07, 6.45) is 2.80. The summed E-state index contributed by atoms with van der Waals surface area (Å²) in [5.74, 6) is 2.32. The van der Waals surface area contributed by atoms with Gasteiger partial charge in [-0.3, -0.25) is 9.36 Å². The van der Waals surface area contributed by atoms with E-state index in [1.165, 1.54) is 0 Å². The summed E-state index contributed by atoms with van der Waals surface area (Å²) in [6, 6.07) is 11.2. The van der Waals surface area contributed by atoms with Crippen LogP contribution >= 0.6 is 23.4 Å². The Morgan fingerprint density at radius 3 is 2.96 bits per heavy atom. The van der Waals surface area contributed by atoms with Crippen LogP contribution < -0.4 is 5.32 Å². The number of nitrogens with one attached hydrogen (secondary N) is 1. The third-order valence-corrected chi connectivity index (χ3v) is 4.93. The molecule has 0 radical (unpaired) electrons. The van der Waals surface area contributed by atoms with Gasteiger partial charge in [-0.25, -0.2) is 0 Å². The van der Waals surface area contributed by atoms with Crippen LogP contribution in [-0.4, -0.2) is 26.4 Å². The minimum absolute atomic E-state index is 0.00879. The number of aryl methyl sites for hydroxylation is 1. The van der Waals surface area contributed by atoms with Crippen molar-refractivity contribution < 1.29 is 9.21 Å². The van der Waals surface area contributed by atoms with Gasteiger partial charge in [-0.2, -0.15) is 0 Å². The monoisotopic (exact) mass is 390 g/mol. The van der Waals surface area contributed by atoms with Crippen molar-refractivity contribution >= 4 is 29.3 Å². The van der Waals surface area contributed by atoms with E-state index in [0.29, 0.717) is 18.0 Å². The Bertz CT molecular complexity index is 864. The van der Waals surface area contributed by atoms with Gasteiger partial charge in [0.2, 0.25) is 5.91 Å². The molecule has 2 heterocycles. The standard InChI is InChI=1S/C18H19ClN4O2S/c1-13-21-22-18(23(13)15-6-2-5-14(19)11-15)26-10-4-8-17(24)20-12-16-7-3-9-25-16/h2-3,5-7,9,11H,4,8,10,12H2,1H3,(H,20,24). The summed E-state index contributed by atoms with van der Waals surface area (Å²) in [5, 5.41) is 12.7. The van der Waals surface area contributed by atoms with Gasteiger partial charge in [-0.1, -0.05) is 29.4 Å². The van der Waals surface area contributed by atoms with Crippen molar-refractivity contribution in [2.75, 3.05) is 5.75 Å². The predicted octanol–water partition coefficient (Wildman–Crippen LogP) is 4.01. The SMILES string of the molecule is Cc1nnc(SCCCC(=O)NCc2ccco2)n1-c1cccc(Cl)c1. The maximum atomic E-state index is 11.9. The third kappa shape index (κ3) is 4.89. The number of thioether (sulfide) groups is 1. The first-order valence-electron chi connectivity index (χ1n) is 8.23. The first-order valence-corrected chi connectivity index (χ1v) is 9.59.